The Balaban J connectivity index is 2.43. The van der Waals surface area contributed by atoms with E-state index in [9.17, 15) is 9.18 Å². The fourth-order valence-electron chi connectivity index (χ4n) is 1.87. The van der Waals surface area contributed by atoms with Crippen molar-refractivity contribution in [3.05, 3.63) is 30.1 Å². The Labute approximate surface area is 124 Å². The molecule has 0 unspecified atom stereocenters. The van der Waals surface area contributed by atoms with Crippen molar-refractivity contribution in [1.29, 1.82) is 0 Å². The first-order chi connectivity index (χ1) is 9.56. The number of rotatable bonds is 8. The third kappa shape index (κ3) is 5.51. The molecule has 1 amide bonds. The van der Waals surface area contributed by atoms with Crippen LogP contribution in [-0.2, 0) is 4.79 Å². The smallest absolute Gasteiger partial charge is 0.223 e. The number of aliphatic hydroxyl groups excluding tert-OH is 1. The number of hydrogen-bond donors (Lipinski definition) is 1. The van der Waals surface area contributed by atoms with Crippen LogP contribution >= 0.6 is 11.8 Å². The number of amides is 1. The second kappa shape index (κ2) is 8.97. The highest BCUT2D eigenvalue weighted by Crippen LogP contribution is 2.22. The zero-order valence-corrected chi connectivity index (χ0v) is 12.8. The number of halogens is 1. The van der Waals surface area contributed by atoms with Crippen LogP contribution in [0.25, 0.3) is 0 Å². The summed E-state index contributed by atoms with van der Waals surface area (Å²) in [6.45, 7) is 4.57. The molecule has 1 aromatic carbocycles. The van der Waals surface area contributed by atoms with Crippen LogP contribution < -0.4 is 0 Å². The average Bonchev–Trinajstić information content (AvgIpc) is 2.41. The van der Waals surface area contributed by atoms with Gasteiger partial charge in [0.2, 0.25) is 5.91 Å². The normalized spacial score (nSPS) is 10.8. The fourth-order valence-corrected chi connectivity index (χ4v) is 2.74. The van der Waals surface area contributed by atoms with E-state index in [1.807, 2.05) is 13.8 Å². The van der Waals surface area contributed by atoms with Gasteiger partial charge in [-0.25, -0.2) is 4.39 Å². The van der Waals surface area contributed by atoms with Crippen LogP contribution in [0, 0.1) is 5.82 Å². The monoisotopic (exact) mass is 299 g/mol. The zero-order chi connectivity index (χ0) is 15.0. The molecule has 3 nitrogen and oxygen atoms in total. The van der Waals surface area contributed by atoms with Crippen molar-refractivity contribution in [1.82, 2.24) is 4.90 Å². The number of aliphatic hydroxyl groups is 1. The van der Waals surface area contributed by atoms with Gasteiger partial charge in [-0.2, -0.15) is 0 Å². The summed E-state index contributed by atoms with van der Waals surface area (Å²) in [6, 6.07) is 6.70. The molecule has 0 heterocycles. The summed E-state index contributed by atoms with van der Waals surface area (Å²) in [5.74, 6) is 0.366. The first-order valence-corrected chi connectivity index (χ1v) is 7.82. The molecule has 0 aromatic heterocycles. The molecule has 0 atom stereocenters. The molecule has 0 saturated carbocycles. The van der Waals surface area contributed by atoms with E-state index in [2.05, 4.69) is 0 Å². The molecule has 1 aromatic rings. The van der Waals surface area contributed by atoms with Gasteiger partial charge < -0.3 is 10.0 Å². The molecule has 0 aliphatic rings. The molecule has 112 valence electrons. The van der Waals surface area contributed by atoms with Crippen LogP contribution in [0.15, 0.2) is 29.2 Å². The largest absolute Gasteiger partial charge is 0.396 e. The number of thioether (sulfide) groups is 1. The van der Waals surface area contributed by atoms with Crippen molar-refractivity contribution in [3.63, 3.8) is 0 Å². The van der Waals surface area contributed by atoms with Crippen molar-refractivity contribution in [2.75, 3.05) is 18.9 Å². The van der Waals surface area contributed by atoms with Crippen LogP contribution in [0.5, 0.6) is 0 Å². The average molecular weight is 299 g/mol. The van der Waals surface area contributed by atoms with Gasteiger partial charge in [0, 0.05) is 36.3 Å². The van der Waals surface area contributed by atoms with Gasteiger partial charge in [-0.1, -0.05) is 12.1 Å². The third-order valence-electron chi connectivity index (χ3n) is 2.91. The van der Waals surface area contributed by atoms with Crippen molar-refractivity contribution >= 4 is 17.7 Å². The number of nitrogens with zero attached hydrogens (tertiary/aromatic N) is 1. The maximum atomic E-state index is 13.4. The Bertz CT molecular complexity index is 426. The van der Waals surface area contributed by atoms with E-state index in [-0.39, 0.29) is 24.4 Å². The molecule has 5 heteroatoms. The summed E-state index contributed by atoms with van der Waals surface area (Å²) in [5.41, 5.74) is 0. The first kappa shape index (κ1) is 17.0. The van der Waals surface area contributed by atoms with Crippen molar-refractivity contribution in [2.45, 2.75) is 37.6 Å². The molecule has 0 aliphatic carbocycles. The zero-order valence-electron chi connectivity index (χ0n) is 12.0. The molecule has 1 rings (SSSR count). The molecule has 0 radical (unpaired) electrons. The van der Waals surface area contributed by atoms with E-state index in [0.29, 0.717) is 30.0 Å². The Morgan fingerprint density at radius 1 is 1.40 bits per heavy atom. The summed E-state index contributed by atoms with van der Waals surface area (Å²) in [4.78, 5) is 14.4. The van der Waals surface area contributed by atoms with E-state index in [1.165, 1.54) is 17.8 Å². The molecular weight excluding hydrogens is 277 g/mol. The predicted molar refractivity (Wildman–Crippen MR) is 80.3 cm³/mol. The van der Waals surface area contributed by atoms with Gasteiger partial charge in [-0.05, 0) is 32.4 Å². The summed E-state index contributed by atoms with van der Waals surface area (Å²) < 4.78 is 13.4. The minimum Gasteiger partial charge on any atom is -0.396 e. The fraction of sp³-hybridized carbons (Fsp3) is 0.533. The molecule has 0 bridgehead atoms. The van der Waals surface area contributed by atoms with E-state index < -0.39 is 0 Å². The molecule has 0 saturated heterocycles. The molecular formula is C15H22FNO2S. The number of hydrogen-bond acceptors (Lipinski definition) is 3. The van der Waals surface area contributed by atoms with Gasteiger partial charge in [-0.3, -0.25) is 4.79 Å². The van der Waals surface area contributed by atoms with Crippen molar-refractivity contribution in [2.24, 2.45) is 0 Å². The van der Waals surface area contributed by atoms with E-state index >= 15 is 0 Å². The lowest BCUT2D eigenvalue weighted by molar-refractivity contribution is -0.132. The second-order valence-electron chi connectivity index (χ2n) is 4.79. The standard InChI is InChI=1S/C15H22FNO2S/c1-12(2)17(9-5-10-18)15(19)8-11-20-14-7-4-3-6-13(14)16/h3-4,6-7,12,18H,5,8-11H2,1-2H3. The van der Waals surface area contributed by atoms with Gasteiger partial charge in [0.1, 0.15) is 5.82 Å². The van der Waals surface area contributed by atoms with Crippen LogP contribution in [0.3, 0.4) is 0 Å². The van der Waals surface area contributed by atoms with Gasteiger partial charge in [0.05, 0.1) is 0 Å². The maximum Gasteiger partial charge on any atom is 0.223 e. The van der Waals surface area contributed by atoms with Gasteiger partial charge in [-0.15, -0.1) is 11.8 Å². The number of benzene rings is 1. The van der Waals surface area contributed by atoms with Crippen LogP contribution in [0.2, 0.25) is 0 Å². The Kier molecular flexibility index (Phi) is 7.62. The highest BCUT2D eigenvalue weighted by atomic mass is 32.2. The van der Waals surface area contributed by atoms with E-state index in [1.54, 1.807) is 23.1 Å². The molecule has 0 spiro atoms. The molecule has 1 N–H and O–H groups in total. The van der Waals surface area contributed by atoms with E-state index in [0.717, 1.165) is 0 Å². The lowest BCUT2D eigenvalue weighted by Gasteiger charge is -2.26. The van der Waals surface area contributed by atoms with Gasteiger partial charge in [0.15, 0.2) is 0 Å². The Morgan fingerprint density at radius 3 is 2.70 bits per heavy atom. The van der Waals surface area contributed by atoms with E-state index in [4.69, 9.17) is 5.11 Å². The highest BCUT2D eigenvalue weighted by Gasteiger charge is 2.16. The number of carbonyl (C=O) groups excluding carboxylic acids is 1. The van der Waals surface area contributed by atoms with Crippen LogP contribution in [-0.4, -0.2) is 40.9 Å². The molecule has 0 fully saturated rings. The summed E-state index contributed by atoms with van der Waals surface area (Å²) in [5, 5.41) is 8.85. The quantitative estimate of drug-likeness (QED) is 0.750. The SMILES string of the molecule is CC(C)N(CCCO)C(=O)CCSc1ccccc1F. The maximum absolute atomic E-state index is 13.4. The molecule has 20 heavy (non-hydrogen) atoms. The Hall–Kier alpha value is -1.07. The topological polar surface area (TPSA) is 40.5 Å². The number of carbonyl (C=O) groups is 1. The Morgan fingerprint density at radius 2 is 2.10 bits per heavy atom. The summed E-state index contributed by atoms with van der Waals surface area (Å²) in [7, 11) is 0. The molecule has 0 aliphatic heterocycles. The summed E-state index contributed by atoms with van der Waals surface area (Å²) in [6.07, 6.45) is 0.965. The van der Waals surface area contributed by atoms with Crippen LogP contribution in [0.1, 0.15) is 26.7 Å². The minimum atomic E-state index is -0.244. The van der Waals surface area contributed by atoms with Gasteiger partial charge in [0.25, 0.3) is 0 Å². The van der Waals surface area contributed by atoms with Crippen molar-refractivity contribution < 1.29 is 14.3 Å². The lowest BCUT2D eigenvalue weighted by Crippen LogP contribution is -2.38. The van der Waals surface area contributed by atoms with Gasteiger partial charge >= 0.3 is 0 Å². The predicted octanol–water partition coefficient (Wildman–Crippen LogP) is 2.93. The third-order valence-corrected chi connectivity index (χ3v) is 3.96. The van der Waals surface area contributed by atoms with Crippen LogP contribution in [0.4, 0.5) is 4.39 Å². The highest BCUT2D eigenvalue weighted by molar-refractivity contribution is 7.99. The second-order valence-corrected chi connectivity index (χ2v) is 5.92. The lowest BCUT2D eigenvalue weighted by atomic mass is 10.2. The summed E-state index contributed by atoms with van der Waals surface area (Å²) >= 11 is 1.36. The minimum absolute atomic E-state index is 0.0530. The van der Waals surface area contributed by atoms with Crippen molar-refractivity contribution in [3.8, 4) is 0 Å². The first-order valence-electron chi connectivity index (χ1n) is 6.84.